The maximum atomic E-state index is 5.94. The monoisotopic (exact) mass is 315 g/mol. The molecule has 1 spiro atoms. The maximum Gasteiger partial charge on any atom is 0.169 e. The Hall–Kier alpha value is 0.190. The summed E-state index contributed by atoms with van der Waals surface area (Å²) in [5.41, 5.74) is 0. The largest absolute Gasteiger partial charge is 0.377 e. The van der Waals surface area contributed by atoms with E-state index in [1.54, 1.807) is 0 Å². The van der Waals surface area contributed by atoms with Gasteiger partial charge in [-0.05, 0) is 32.2 Å². The standard InChI is InChI=1S/C16H29NO3S/c1-2-7-17-14-5-6-16(19-9-10-20-16)11-15(14)21-12-13-4-3-8-18-13/h13-15,17H,2-12H2,1H3. The van der Waals surface area contributed by atoms with Crippen LogP contribution in [0.4, 0.5) is 0 Å². The van der Waals surface area contributed by atoms with Crippen molar-refractivity contribution in [2.75, 3.05) is 32.1 Å². The highest BCUT2D eigenvalue weighted by atomic mass is 32.2. The molecule has 2 aliphatic heterocycles. The summed E-state index contributed by atoms with van der Waals surface area (Å²) >= 11 is 2.07. The van der Waals surface area contributed by atoms with E-state index in [0.29, 0.717) is 17.4 Å². The van der Waals surface area contributed by atoms with Crippen LogP contribution in [0.5, 0.6) is 0 Å². The van der Waals surface area contributed by atoms with E-state index >= 15 is 0 Å². The normalized spacial score (nSPS) is 35.6. The summed E-state index contributed by atoms with van der Waals surface area (Å²) in [5, 5.41) is 4.31. The van der Waals surface area contributed by atoms with Crippen molar-refractivity contribution in [1.29, 1.82) is 0 Å². The molecule has 2 saturated heterocycles. The third-order valence-electron chi connectivity index (χ3n) is 4.79. The van der Waals surface area contributed by atoms with Crippen molar-refractivity contribution in [1.82, 2.24) is 5.32 Å². The first kappa shape index (κ1) is 16.1. The molecule has 4 nitrogen and oxygen atoms in total. The van der Waals surface area contributed by atoms with E-state index < -0.39 is 0 Å². The number of hydrogen-bond donors (Lipinski definition) is 1. The van der Waals surface area contributed by atoms with Crippen LogP contribution in [0, 0.1) is 0 Å². The lowest BCUT2D eigenvalue weighted by Gasteiger charge is -2.41. The fraction of sp³-hybridized carbons (Fsp3) is 1.00. The van der Waals surface area contributed by atoms with Crippen LogP contribution in [0.2, 0.25) is 0 Å². The smallest absolute Gasteiger partial charge is 0.169 e. The summed E-state index contributed by atoms with van der Waals surface area (Å²) in [5.74, 6) is 0.837. The van der Waals surface area contributed by atoms with Crippen molar-refractivity contribution in [2.45, 2.75) is 68.6 Å². The van der Waals surface area contributed by atoms with E-state index in [1.807, 2.05) is 0 Å². The molecule has 0 aromatic rings. The quantitative estimate of drug-likeness (QED) is 0.816. The van der Waals surface area contributed by atoms with Crippen LogP contribution >= 0.6 is 11.8 Å². The zero-order valence-corrected chi connectivity index (χ0v) is 14.0. The van der Waals surface area contributed by atoms with Gasteiger partial charge in [-0.25, -0.2) is 0 Å². The third-order valence-corrected chi connectivity index (χ3v) is 6.28. The second-order valence-electron chi connectivity index (χ2n) is 6.42. The molecule has 1 aliphatic carbocycles. The number of nitrogens with one attached hydrogen (secondary N) is 1. The van der Waals surface area contributed by atoms with Gasteiger partial charge in [-0.1, -0.05) is 6.92 Å². The number of thioether (sulfide) groups is 1. The van der Waals surface area contributed by atoms with Crippen molar-refractivity contribution in [2.24, 2.45) is 0 Å². The molecule has 0 radical (unpaired) electrons. The van der Waals surface area contributed by atoms with Crippen LogP contribution in [0.15, 0.2) is 0 Å². The van der Waals surface area contributed by atoms with Gasteiger partial charge in [0.05, 0.1) is 19.3 Å². The molecule has 0 bridgehead atoms. The maximum absolute atomic E-state index is 5.94. The summed E-state index contributed by atoms with van der Waals surface area (Å²) < 4.78 is 17.7. The lowest BCUT2D eigenvalue weighted by atomic mass is 9.89. The molecular weight excluding hydrogens is 286 g/mol. The van der Waals surface area contributed by atoms with Gasteiger partial charge in [-0.3, -0.25) is 0 Å². The topological polar surface area (TPSA) is 39.7 Å². The van der Waals surface area contributed by atoms with Crippen LogP contribution in [0.25, 0.3) is 0 Å². The fourth-order valence-electron chi connectivity index (χ4n) is 3.62. The molecule has 3 unspecified atom stereocenters. The minimum absolute atomic E-state index is 0.279. The Morgan fingerprint density at radius 1 is 1.19 bits per heavy atom. The van der Waals surface area contributed by atoms with Gasteiger partial charge in [0.25, 0.3) is 0 Å². The highest BCUT2D eigenvalue weighted by Gasteiger charge is 2.45. The fourth-order valence-corrected chi connectivity index (χ4v) is 5.18. The average molecular weight is 315 g/mol. The lowest BCUT2D eigenvalue weighted by molar-refractivity contribution is -0.178. The number of rotatable bonds is 6. The molecular formula is C16H29NO3S. The van der Waals surface area contributed by atoms with E-state index in [2.05, 4.69) is 24.0 Å². The molecule has 3 atom stereocenters. The number of ether oxygens (including phenoxy) is 3. The highest BCUT2D eigenvalue weighted by Crippen LogP contribution is 2.41. The van der Waals surface area contributed by atoms with E-state index in [1.165, 1.54) is 19.3 Å². The van der Waals surface area contributed by atoms with Crippen molar-refractivity contribution in [3.05, 3.63) is 0 Å². The SMILES string of the molecule is CCCNC1CCC2(CC1SCC1CCCO1)OCCO2. The van der Waals surface area contributed by atoms with Gasteiger partial charge >= 0.3 is 0 Å². The Bertz CT molecular complexity index is 317. The predicted molar refractivity (Wildman–Crippen MR) is 85.8 cm³/mol. The average Bonchev–Trinajstić information content (AvgIpc) is 3.16. The Balaban J connectivity index is 1.55. The molecule has 3 rings (SSSR count). The second-order valence-corrected chi connectivity index (χ2v) is 7.69. The van der Waals surface area contributed by atoms with E-state index in [0.717, 1.165) is 51.4 Å². The van der Waals surface area contributed by atoms with E-state index in [9.17, 15) is 0 Å². The van der Waals surface area contributed by atoms with Gasteiger partial charge in [0.1, 0.15) is 0 Å². The van der Waals surface area contributed by atoms with Gasteiger partial charge in [-0.2, -0.15) is 11.8 Å². The van der Waals surface area contributed by atoms with Gasteiger partial charge in [-0.15, -0.1) is 0 Å². The van der Waals surface area contributed by atoms with Gasteiger partial charge < -0.3 is 19.5 Å². The van der Waals surface area contributed by atoms with Crippen LogP contribution in [-0.2, 0) is 14.2 Å². The zero-order chi connectivity index (χ0) is 14.5. The minimum atomic E-state index is -0.279. The van der Waals surface area contributed by atoms with Crippen molar-refractivity contribution in [3.63, 3.8) is 0 Å². The first-order valence-corrected chi connectivity index (χ1v) is 9.61. The molecule has 0 amide bonds. The lowest BCUT2D eigenvalue weighted by Crippen LogP contribution is -2.50. The third kappa shape index (κ3) is 4.14. The second kappa shape index (κ2) is 7.64. The Morgan fingerprint density at radius 2 is 2.05 bits per heavy atom. The Kier molecular flexibility index (Phi) is 5.85. The van der Waals surface area contributed by atoms with E-state index in [4.69, 9.17) is 14.2 Å². The predicted octanol–water partition coefficient (Wildman–Crippen LogP) is 2.56. The first-order chi connectivity index (χ1) is 10.3. The molecule has 1 N–H and O–H groups in total. The summed E-state index contributed by atoms with van der Waals surface area (Å²) in [6, 6.07) is 0.592. The molecule has 21 heavy (non-hydrogen) atoms. The Morgan fingerprint density at radius 3 is 2.76 bits per heavy atom. The van der Waals surface area contributed by atoms with Crippen LogP contribution < -0.4 is 5.32 Å². The zero-order valence-electron chi connectivity index (χ0n) is 13.1. The van der Waals surface area contributed by atoms with Gasteiger partial charge in [0.15, 0.2) is 5.79 Å². The van der Waals surface area contributed by atoms with Gasteiger partial charge in [0, 0.05) is 36.5 Å². The molecule has 122 valence electrons. The van der Waals surface area contributed by atoms with Gasteiger partial charge in [0.2, 0.25) is 0 Å². The van der Waals surface area contributed by atoms with Crippen molar-refractivity contribution >= 4 is 11.8 Å². The van der Waals surface area contributed by atoms with Crippen molar-refractivity contribution in [3.8, 4) is 0 Å². The van der Waals surface area contributed by atoms with E-state index in [-0.39, 0.29) is 5.79 Å². The van der Waals surface area contributed by atoms with Crippen molar-refractivity contribution < 1.29 is 14.2 Å². The molecule has 0 aromatic carbocycles. The first-order valence-electron chi connectivity index (χ1n) is 8.56. The highest BCUT2D eigenvalue weighted by molar-refractivity contribution is 8.00. The summed E-state index contributed by atoms with van der Waals surface area (Å²) in [7, 11) is 0. The molecule has 3 fully saturated rings. The summed E-state index contributed by atoms with van der Waals surface area (Å²) in [6.45, 7) is 5.81. The van der Waals surface area contributed by atoms with Crippen LogP contribution in [0.1, 0.15) is 45.4 Å². The minimum Gasteiger partial charge on any atom is -0.377 e. The Labute approximate surface area is 132 Å². The summed E-state index contributed by atoms with van der Waals surface area (Å²) in [4.78, 5) is 0. The molecule has 1 saturated carbocycles. The van der Waals surface area contributed by atoms with Crippen LogP contribution in [-0.4, -0.2) is 55.3 Å². The molecule has 3 aliphatic rings. The molecule has 5 heteroatoms. The van der Waals surface area contributed by atoms with Crippen LogP contribution in [0.3, 0.4) is 0 Å². The molecule has 2 heterocycles. The number of hydrogen-bond acceptors (Lipinski definition) is 5. The summed E-state index contributed by atoms with van der Waals surface area (Å²) in [6.07, 6.45) is 7.32. The molecule has 0 aromatic heterocycles.